The van der Waals surface area contributed by atoms with Crippen molar-refractivity contribution in [3.8, 4) is 0 Å². The fraction of sp³-hybridized carbons (Fsp3) is 0.875. The van der Waals surface area contributed by atoms with Crippen molar-refractivity contribution in [2.75, 3.05) is 21.3 Å². The van der Waals surface area contributed by atoms with Crippen LogP contribution >= 0.6 is 0 Å². The van der Waals surface area contributed by atoms with Crippen LogP contribution in [0, 0.1) is 6.42 Å². The van der Waals surface area contributed by atoms with Crippen molar-refractivity contribution in [2.24, 2.45) is 0 Å². The van der Waals surface area contributed by atoms with Gasteiger partial charge in [-0.3, -0.25) is 0 Å². The topological polar surface area (TPSA) is 27.7 Å². The minimum absolute atomic E-state index is 0.890. The first-order valence-corrected chi connectivity index (χ1v) is 6.11. The third-order valence-electron chi connectivity index (χ3n) is 1.91. The molecule has 0 amide bonds. The summed E-state index contributed by atoms with van der Waals surface area (Å²) in [6, 6.07) is 0.890. The molecule has 0 aliphatic carbocycles. The van der Waals surface area contributed by atoms with Gasteiger partial charge in [-0.2, -0.15) is 0 Å². The molecular formula is C8H19O3Si. The van der Waals surface area contributed by atoms with Crippen molar-refractivity contribution in [3.05, 3.63) is 6.42 Å². The highest BCUT2D eigenvalue weighted by molar-refractivity contribution is 6.60. The van der Waals surface area contributed by atoms with Gasteiger partial charge < -0.3 is 13.3 Å². The summed E-state index contributed by atoms with van der Waals surface area (Å²) in [6.45, 7) is 2.05. The van der Waals surface area contributed by atoms with E-state index in [9.17, 15) is 0 Å². The molecule has 3 nitrogen and oxygen atoms in total. The van der Waals surface area contributed by atoms with Crippen LogP contribution in [0.4, 0.5) is 0 Å². The normalized spacial score (nSPS) is 12.0. The molecule has 0 bridgehead atoms. The lowest BCUT2D eigenvalue weighted by molar-refractivity contribution is 0.123. The van der Waals surface area contributed by atoms with E-state index in [-0.39, 0.29) is 0 Å². The summed E-state index contributed by atoms with van der Waals surface area (Å²) >= 11 is 0. The summed E-state index contributed by atoms with van der Waals surface area (Å²) in [5, 5.41) is 0. The smallest absolute Gasteiger partial charge is 0.377 e. The Bertz CT molecular complexity index is 96.2. The molecule has 73 valence electrons. The Kier molecular flexibility index (Phi) is 6.65. The first kappa shape index (κ1) is 12.1. The first-order valence-electron chi connectivity index (χ1n) is 4.18. The third-order valence-corrected chi connectivity index (χ3v) is 4.74. The van der Waals surface area contributed by atoms with Crippen molar-refractivity contribution >= 4 is 8.80 Å². The summed E-state index contributed by atoms with van der Waals surface area (Å²) in [6.07, 6.45) is 4.29. The van der Waals surface area contributed by atoms with Gasteiger partial charge in [-0.1, -0.05) is 13.3 Å². The van der Waals surface area contributed by atoms with Crippen LogP contribution in [0.5, 0.6) is 0 Å². The van der Waals surface area contributed by atoms with E-state index in [2.05, 4.69) is 13.3 Å². The van der Waals surface area contributed by atoms with Gasteiger partial charge in [-0.05, 0) is 12.8 Å². The van der Waals surface area contributed by atoms with E-state index in [0.717, 1.165) is 18.9 Å². The zero-order valence-electron chi connectivity index (χ0n) is 8.42. The predicted octanol–water partition coefficient (Wildman–Crippen LogP) is 1.87. The van der Waals surface area contributed by atoms with E-state index < -0.39 is 8.80 Å². The Hall–Kier alpha value is 0.0969. The van der Waals surface area contributed by atoms with Crippen molar-refractivity contribution in [3.63, 3.8) is 0 Å². The van der Waals surface area contributed by atoms with E-state index in [4.69, 9.17) is 13.3 Å². The monoisotopic (exact) mass is 191 g/mol. The minimum atomic E-state index is -2.27. The van der Waals surface area contributed by atoms with Gasteiger partial charge in [0.25, 0.3) is 0 Å². The Morgan fingerprint density at radius 2 is 1.58 bits per heavy atom. The highest BCUT2D eigenvalue weighted by atomic mass is 28.4. The van der Waals surface area contributed by atoms with Crippen molar-refractivity contribution < 1.29 is 13.3 Å². The van der Waals surface area contributed by atoms with Gasteiger partial charge in [0, 0.05) is 27.4 Å². The molecule has 0 aromatic carbocycles. The maximum absolute atomic E-state index is 5.26. The molecule has 4 heteroatoms. The Balaban J connectivity index is 3.76. The molecule has 0 atom stereocenters. The summed E-state index contributed by atoms with van der Waals surface area (Å²) in [7, 11) is 2.67. The van der Waals surface area contributed by atoms with Gasteiger partial charge in [0.1, 0.15) is 0 Å². The zero-order chi connectivity index (χ0) is 9.45. The van der Waals surface area contributed by atoms with Crippen LogP contribution < -0.4 is 0 Å². The molecule has 0 aliphatic rings. The highest BCUT2D eigenvalue weighted by Gasteiger charge is 2.36. The first-order chi connectivity index (χ1) is 5.74. The fourth-order valence-electron chi connectivity index (χ4n) is 1.08. The van der Waals surface area contributed by atoms with Crippen molar-refractivity contribution in [1.82, 2.24) is 0 Å². The molecule has 0 heterocycles. The van der Waals surface area contributed by atoms with Crippen LogP contribution in [-0.2, 0) is 13.3 Å². The van der Waals surface area contributed by atoms with Crippen LogP contribution in [0.2, 0.25) is 6.04 Å². The van der Waals surface area contributed by atoms with Gasteiger partial charge in [0.15, 0.2) is 0 Å². The highest BCUT2D eigenvalue weighted by Crippen LogP contribution is 2.16. The van der Waals surface area contributed by atoms with Gasteiger partial charge >= 0.3 is 8.80 Å². The van der Waals surface area contributed by atoms with Gasteiger partial charge in [-0.25, -0.2) is 0 Å². The molecule has 12 heavy (non-hydrogen) atoms. The van der Waals surface area contributed by atoms with Crippen LogP contribution in [-0.4, -0.2) is 30.1 Å². The number of rotatable bonds is 7. The lowest BCUT2D eigenvalue weighted by Gasteiger charge is -2.23. The standard InChI is InChI=1S/C8H19O3Si/c1-5-6-7-8-12(9-2,10-3)11-4/h5H,6-8H2,1-4H3. The Labute approximate surface area is 76.4 Å². The molecule has 0 fully saturated rings. The molecule has 0 N–H and O–H groups in total. The summed E-state index contributed by atoms with van der Waals surface area (Å²) < 4.78 is 15.8. The third kappa shape index (κ3) is 3.67. The van der Waals surface area contributed by atoms with Crippen LogP contribution in [0.1, 0.15) is 19.8 Å². The molecule has 0 aliphatic heterocycles. The van der Waals surface area contributed by atoms with E-state index in [1.807, 2.05) is 0 Å². The summed E-state index contributed by atoms with van der Waals surface area (Å²) in [5.41, 5.74) is 0. The number of hydrogen-bond acceptors (Lipinski definition) is 3. The van der Waals surface area contributed by atoms with Crippen molar-refractivity contribution in [1.29, 1.82) is 0 Å². The molecular weight excluding hydrogens is 172 g/mol. The number of unbranched alkanes of at least 4 members (excludes halogenated alkanes) is 2. The molecule has 0 saturated heterocycles. The largest absolute Gasteiger partial charge is 0.500 e. The van der Waals surface area contributed by atoms with E-state index in [1.54, 1.807) is 21.3 Å². The van der Waals surface area contributed by atoms with Crippen LogP contribution in [0.3, 0.4) is 0 Å². The molecule has 0 aromatic rings. The quantitative estimate of drug-likeness (QED) is 0.454. The second-order valence-corrected chi connectivity index (χ2v) is 5.69. The summed E-state index contributed by atoms with van der Waals surface area (Å²) in [4.78, 5) is 0. The second kappa shape index (κ2) is 6.60. The SMILES string of the molecule is C[CH]CCC[Si](OC)(OC)OC. The van der Waals surface area contributed by atoms with E-state index in [1.165, 1.54) is 0 Å². The molecule has 0 rings (SSSR count). The van der Waals surface area contributed by atoms with E-state index >= 15 is 0 Å². The molecule has 0 saturated carbocycles. The molecule has 0 aromatic heterocycles. The molecule has 1 radical (unpaired) electrons. The lowest BCUT2D eigenvalue weighted by atomic mass is 10.3. The lowest BCUT2D eigenvalue weighted by Crippen LogP contribution is -2.42. The second-order valence-electron chi connectivity index (χ2n) is 2.60. The minimum Gasteiger partial charge on any atom is -0.377 e. The van der Waals surface area contributed by atoms with Gasteiger partial charge in [-0.15, -0.1) is 0 Å². The number of hydrogen-bond donors (Lipinski definition) is 0. The average Bonchev–Trinajstić information content (AvgIpc) is 2.14. The summed E-state index contributed by atoms with van der Waals surface area (Å²) in [5.74, 6) is 0. The van der Waals surface area contributed by atoms with Crippen LogP contribution in [0.15, 0.2) is 0 Å². The molecule has 0 unspecified atom stereocenters. The Morgan fingerprint density at radius 3 is 1.92 bits per heavy atom. The Morgan fingerprint density at radius 1 is 1.08 bits per heavy atom. The maximum atomic E-state index is 5.26. The predicted molar refractivity (Wildman–Crippen MR) is 50.8 cm³/mol. The van der Waals surface area contributed by atoms with E-state index in [0.29, 0.717) is 0 Å². The zero-order valence-corrected chi connectivity index (χ0v) is 9.42. The van der Waals surface area contributed by atoms with Crippen molar-refractivity contribution in [2.45, 2.75) is 25.8 Å². The maximum Gasteiger partial charge on any atom is 0.500 e. The molecule has 0 spiro atoms. The van der Waals surface area contributed by atoms with Gasteiger partial charge in [0.05, 0.1) is 0 Å². The fourth-order valence-corrected chi connectivity index (χ4v) is 2.83. The average molecular weight is 191 g/mol. The van der Waals surface area contributed by atoms with Crippen LogP contribution in [0.25, 0.3) is 0 Å². The van der Waals surface area contributed by atoms with Gasteiger partial charge in [0.2, 0.25) is 0 Å².